The molecule has 17 heavy (non-hydrogen) atoms. The molecule has 6 nitrogen and oxygen atoms in total. The summed E-state index contributed by atoms with van der Waals surface area (Å²) in [4.78, 5) is 0. The Bertz CT molecular complexity index is 285. The van der Waals surface area contributed by atoms with Crippen molar-refractivity contribution >= 4 is 34.8 Å². The minimum Gasteiger partial charge on any atom is -0.394 e. The molecule has 100 valence electrons. The van der Waals surface area contributed by atoms with Crippen LogP contribution >= 0.6 is 34.8 Å². The van der Waals surface area contributed by atoms with Gasteiger partial charge in [0.1, 0.15) is 24.4 Å². The van der Waals surface area contributed by atoms with Crippen LogP contribution in [0.25, 0.3) is 0 Å². The fourth-order valence-corrected chi connectivity index (χ4v) is 2.10. The molecule has 2 saturated heterocycles. The van der Waals surface area contributed by atoms with Gasteiger partial charge in [-0.2, -0.15) is 0 Å². The van der Waals surface area contributed by atoms with Gasteiger partial charge in [-0.3, -0.25) is 0 Å². The quantitative estimate of drug-likeness (QED) is 0.598. The topological polar surface area (TPSA) is 88.4 Å². The van der Waals surface area contributed by atoms with Crippen LogP contribution in [0.5, 0.6) is 0 Å². The Morgan fingerprint density at radius 3 is 2.29 bits per heavy atom. The summed E-state index contributed by atoms with van der Waals surface area (Å²) in [5.74, 6) is 0. The highest BCUT2D eigenvalue weighted by atomic mass is 35.6. The van der Waals surface area contributed by atoms with E-state index in [1.807, 2.05) is 0 Å². The molecule has 3 N–H and O–H groups in total. The lowest BCUT2D eigenvalue weighted by atomic mass is 10.1. The molecular formula is C8H11Cl3O6. The first-order valence-corrected chi connectivity index (χ1v) is 5.98. The zero-order chi connectivity index (χ0) is 12.8. The molecule has 6 atom stereocenters. The van der Waals surface area contributed by atoms with Crippen LogP contribution in [0.2, 0.25) is 0 Å². The van der Waals surface area contributed by atoms with E-state index < -0.39 is 47.4 Å². The van der Waals surface area contributed by atoms with Crippen molar-refractivity contribution in [2.45, 2.75) is 40.8 Å². The van der Waals surface area contributed by atoms with Crippen molar-refractivity contribution in [3.8, 4) is 0 Å². The van der Waals surface area contributed by atoms with E-state index in [2.05, 4.69) is 0 Å². The Morgan fingerprint density at radius 2 is 1.82 bits per heavy atom. The van der Waals surface area contributed by atoms with Crippen LogP contribution in [0.15, 0.2) is 0 Å². The van der Waals surface area contributed by atoms with Gasteiger partial charge in [0.15, 0.2) is 6.29 Å². The van der Waals surface area contributed by atoms with Crippen LogP contribution in [0.4, 0.5) is 0 Å². The van der Waals surface area contributed by atoms with Crippen molar-refractivity contribution in [2.75, 3.05) is 6.61 Å². The summed E-state index contributed by atoms with van der Waals surface area (Å²) in [5.41, 5.74) is 0. The van der Waals surface area contributed by atoms with Gasteiger partial charge < -0.3 is 29.5 Å². The van der Waals surface area contributed by atoms with Gasteiger partial charge in [0.05, 0.1) is 6.61 Å². The Balaban J connectivity index is 2.01. The highest BCUT2D eigenvalue weighted by molar-refractivity contribution is 6.67. The van der Waals surface area contributed by atoms with E-state index in [1.54, 1.807) is 0 Å². The lowest BCUT2D eigenvalue weighted by molar-refractivity contribution is -0.188. The average molecular weight is 310 g/mol. The summed E-state index contributed by atoms with van der Waals surface area (Å²) < 4.78 is 13.8. The van der Waals surface area contributed by atoms with Crippen LogP contribution < -0.4 is 0 Å². The number of hydrogen-bond acceptors (Lipinski definition) is 6. The molecule has 0 aromatic carbocycles. The first kappa shape index (κ1) is 14.0. The first-order chi connectivity index (χ1) is 7.84. The van der Waals surface area contributed by atoms with Gasteiger partial charge in [-0.25, -0.2) is 0 Å². The van der Waals surface area contributed by atoms with Crippen molar-refractivity contribution in [2.24, 2.45) is 0 Å². The Morgan fingerprint density at radius 1 is 1.18 bits per heavy atom. The highest BCUT2D eigenvalue weighted by Crippen LogP contribution is 2.42. The normalized spacial score (nSPS) is 43.8. The molecule has 0 aliphatic carbocycles. The second-order valence-corrected chi connectivity index (χ2v) is 6.19. The molecule has 0 aromatic heterocycles. The number of halogens is 3. The molecule has 2 rings (SSSR count). The summed E-state index contributed by atoms with van der Waals surface area (Å²) in [6.45, 7) is -0.547. The minimum absolute atomic E-state index is 0.547. The zero-order valence-electron chi connectivity index (χ0n) is 8.37. The van der Waals surface area contributed by atoms with E-state index in [1.165, 1.54) is 0 Å². The molecule has 0 unspecified atom stereocenters. The van der Waals surface area contributed by atoms with Gasteiger partial charge in [-0.15, -0.1) is 0 Å². The fraction of sp³-hybridized carbons (Fsp3) is 1.00. The third-order valence-electron chi connectivity index (χ3n) is 2.60. The number of hydrogen-bond donors (Lipinski definition) is 3. The smallest absolute Gasteiger partial charge is 0.241 e. The van der Waals surface area contributed by atoms with Gasteiger partial charge in [-0.1, -0.05) is 34.8 Å². The predicted octanol–water partition coefficient (Wildman–Crippen LogP) is -0.463. The Kier molecular flexibility index (Phi) is 4.10. The van der Waals surface area contributed by atoms with E-state index in [9.17, 15) is 10.2 Å². The van der Waals surface area contributed by atoms with Gasteiger partial charge in [0, 0.05) is 0 Å². The number of aliphatic hydroxyl groups excluding tert-OH is 3. The maximum atomic E-state index is 9.81. The largest absolute Gasteiger partial charge is 0.394 e. The highest BCUT2D eigenvalue weighted by Gasteiger charge is 2.57. The molecule has 2 heterocycles. The third kappa shape index (κ3) is 2.65. The fourth-order valence-electron chi connectivity index (χ4n) is 1.79. The predicted molar refractivity (Wildman–Crippen MR) is 57.8 cm³/mol. The lowest BCUT2D eigenvalue weighted by Crippen LogP contribution is -2.42. The van der Waals surface area contributed by atoms with E-state index in [0.29, 0.717) is 0 Å². The van der Waals surface area contributed by atoms with Crippen LogP contribution in [-0.2, 0) is 14.2 Å². The molecule has 0 bridgehead atoms. The van der Waals surface area contributed by atoms with Crippen molar-refractivity contribution < 1.29 is 29.5 Å². The van der Waals surface area contributed by atoms with Crippen LogP contribution in [0.1, 0.15) is 0 Å². The van der Waals surface area contributed by atoms with Crippen molar-refractivity contribution in [1.29, 1.82) is 0 Å². The van der Waals surface area contributed by atoms with Crippen LogP contribution in [0, 0.1) is 0 Å². The molecule has 0 radical (unpaired) electrons. The molecule has 9 heteroatoms. The average Bonchev–Trinajstić information content (AvgIpc) is 2.77. The van der Waals surface area contributed by atoms with Crippen molar-refractivity contribution in [3.63, 3.8) is 0 Å². The second kappa shape index (κ2) is 4.96. The monoisotopic (exact) mass is 308 g/mol. The zero-order valence-corrected chi connectivity index (χ0v) is 10.6. The summed E-state index contributed by atoms with van der Waals surface area (Å²) in [6.07, 6.45) is -6.33. The molecule has 0 spiro atoms. The minimum atomic E-state index is -1.79. The Hall–Kier alpha value is 0.630. The molecule has 0 aromatic rings. The van der Waals surface area contributed by atoms with Gasteiger partial charge >= 0.3 is 0 Å². The summed E-state index contributed by atoms with van der Waals surface area (Å²) >= 11 is 16.7. The number of alkyl halides is 3. The molecule has 0 saturated carbocycles. The SMILES string of the molecule is OC[C@@H](O)[C@H]1O[C@@H]2O[C@H](C(Cl)(Cl)Cl)O[C@@H]2[C@@H]1O. The second-order valence-electron chi connectivity index (χ2n) is 3.82. The van der Waals surface area contributed by atoms with Crippen LogP contribution in [-0.4, -0.2) is 62.7 Å². The third-order valence-corrected chi connectivity index (χ3v) is 3.14. The van der Waals surface area contributed by atoms with E-state index in [4.69, 9.17) is 54.1 Å². The van der Waals surface area contributed by atoms with Gasteiger partial charge in [0.2, 0.25) is 10.1 Å². The number of fused-ring (bicyclic) bond motifs is 1. The molecule has 2 fully saturated rings. The van der Waals surface area contributed by atoms with E-state index in [-0.39, 0.29) is 0 Å². The number of aliphatic hydroxyl groups is 3. The summed E-state index contributed by atoms with van der Waals surface area (Å²) in [6, 6.07) is 0. The maximum Gasteiger partial charge on any atom is 0.241 e. The summed E-state index contributed by atoms with van der Waals surface area (Å²) in [5, 5.41) is 28.0. The van der Waals surface area contributed by atoms with Crippen molar-refractivity contribution in [1.82, 2.24) is 0 Å². The van der Waals surface area contributed by atoms with Gasteiger partial charge in [0.25, 0.3) is 0 Å². The van der Waals surface area contributed by atoms with Crippen molar-refractivity contribution in [3.05, 3.63) is 0 Å². The number of ether oxygens (including phenoxy) is 3. The van der Waals surface area contributed by atoms with Crippen LogP contribution in [0.3, 0.4) is 0 Å². The lowest BCUT2D eigenvalue weighted by Gasteiger charge is -2.24. The first-order valence-electron chi connectivity index (χ1n) is 4.84. The standard InChI is InChI=1S/C8H11Cl3O6/c9-8(10,11)7-16-5-3(14)4(2(13)1-12)15-6(5)17-7/h2-7,12-14H,1H2/t2-,3-,4-,5-,6-,7-/m1/s1. The van der Waals surface area contributed by atoms with E-state index in [0.717, 1.165) is 0 Å². The number of rotatable bonds is 2. The summed E-state index contributed by atoms with van der Waals surface area (Å²) in [7, 11) is 0. The molecular weight excluding hydrogens is 298 g/mol. The molecule has 2 aliphatic rings. The Labute approximate surface area is 112 Å². The maximum absolute atomic E-state index is 9.81. The van der Waals surface area contributed by atoms with Gasteiger partial charge in [-0.05, 0) is 0 Å². The molecule has 0 amide bonds. The van der Waals surface area contributed by atoms with E-state index >= 15 is 0 Å². The molecule has 2 aliphatic heterocycles.